The zero-order valence-electron chi connectivity index (χ0n) is 12.1. The van der Waals surface area contributed by atoms with Crippen LogP contribution in [0.25, 0.3) is 0 Å². The molecule has 0 aliphatic carbocycles. The van der Waals surface area contributed by atoms with Crippen LogP contribution < -0.4 is 9.47 Å². The molecule has 0 saturated heterocycles. The van der Waals surface area contributed by atoms with Crippen LogP contribution in [0.5, 0.6) is 11.5 Å². The smallest absolute Gasteiger partial charge is 0.269 e. The maximum atomic E-state index is 10.6. The van der Waals surface area contributed by atoms with E-state index in [2.05, 4.69) is 21.1 Å². The highest BCUT2D eigenvalue weighted by atomic mass is 79.9. The van der Waals surface area contributed by atoms with Crippen LogP contribution in [0.1, 0.15) is 11.1 Å². The molecule has 2 rings (SSSR count). The van der Waals surface area contributed by atoms with Crippen molar-refractivity contribution in [2.45, 2.75) is 6.61 Å². The molecule has 0 saturated carbocycles. The first kappa shape index (κ1) is 16.8. The number of oxime groups is 1. The van der Waals surface area contributed by atoms with Crippen molar-refractivity contribution in [3.05, 3.63) is 62.1 Å². The SMILES string of the molecule is COc1cc(/C=N/O)cc(Br)c1OCc1ccc([N+](=O)[O-])cc1. The normalized spacial score (nSPS) is 10.7. The molecule has 2 aromatic carbocycles. The molecule has 7 nitrogen and oxygen atoms in total. The molecule has 0 fully saturated rings. The van der Waals surface area contributed by atoms with Gasteiger partial charge >= 0.3 is 0 Å². The van der Waals surface area contributed by atoms with Gasteiger partial charge in [-0.15, -0.1) is 0 Å². The molecule has 8 heteroatoms. The Morgan fingerprint density at radius 3 is 2.61 bits per heavy atom. The van der Waals surface area contributed by atoms with Crippen molar-refractivity contribution in [1.82, 2.24) is 0 Å². The first-order chi connectivity index (χ1) is 11.0. The number of hydrogen-bond donors (Lipinski definition) is 1. The van der Waals surface area contributed by atoms with Crippen molar-refractivity contribution in [1.29, 1.82) is 0 Å². The molecular formula is C15H13BrN2O5. The monoisotopic (exact) mass is 380 g/mol. The third-order valence-electron chi connectivity index (χ3n) is 2.99. The van der Waals surface area contributed by atoms with Gasteiger partial charge in [0.1, 0.15) is 6.61 Å². The lowest BCUT2D eigenvalue weighted by atomic mass is 10.2. The number of hydrogen-bond acceptors (Lipinski definition) is 6. The fourth-order valence-corrected chi connectivity index (χ4v) is 2.46. The van der Waals surface area contributed by atoms with E-state index in [1.54, 1.807) is 24.3 Å². The molecule has 0 bridgehead atoms. The van der Waals surface area contributed by atoms with Gasteiger partial charge < -0.3 is 14.7 Å². The molecule has 0 unspecified atom stereocenters. The minimum atomic E-state index is -0.453. The molecule has 23 heavy (non-hydrogen) atoms. The topological polar surface area (TPSA) is 94.2 Å². The Morgan fingerprint density at radius 1 is 1.35 bits per heavy atom. The predicted molar refractivity (Wildman–Crippen MR) is 87.5 cm³/mol. The average Bonchev–Trinajstić information content (AvgIpc) is 2.54. The van der Waals surface area contributed by atoms with Gasteiger partial charge in [0.25, 0.3) is 5.69 Å². The van der Waals surface area contributed by atoms with Gasteiger partial charge in [-0.3, -0.25) is 10.1 Å². The first-order valence-electron chi connectivity index (χ1n) is 6.46. The Labute approximate surface area is 140 Å². The number of non-ortho nitro benzene ring substituents is 1. The Balaban J connectivity index is 2.18. The summed E-state index contributed by atoms with van der Waals surface area (Å²) in [7, 11) is 1.50. The van der Waals surface area contributed by atoms with Crippen molar-refractivity contribution in [3.8, 4) is 11.5 Å². The summed E-state index contributed by atoms with van der Waals surface area (Å²) >= 11 is 3.38. The van der Waals surface area contributed by atoms with Crippen LogP contribution in [0.15, 0.2) is 46.0 Å². The van der Waals surface area contributed by atoms with E-state index in [1.165, 1.54) is 25.5 Å². The van der Waals surface area contributed by atoms with Crippen LogP contribution in [0, 0.1) is 10.1 Å². The summed E-state index contributed by atoms with van der Waals surface area (Å²) in [6.07, 6.45) is 1.27. The maximum absolute atomic E-state index is 10.6. The van der Waals surface area contributed by atoms with Gasteiger partial charge in [0, 0.05) is 17.7 Å². The van der Waals surface area contributed by atoms with Crippen LogP contribution in [-0.4, -0.2) is 23.5 Å². The number of nitro benzene ring substituents is 1. The molecule has 1 N–H and O–H groups in total. The summed E-state index contributed by atoms with van der Waals surface area (Å²) in [5, 5.41) is 22.2. The number of halogens is 1. The maximum Gasteiger partial charge on any atom is 0.269 e. The van der Waals surface area contributed by atoms with Gasteiger partial charge in [-0.2, -0.15) is 0 Å². The molecule has 0 radical (unpaired) electrons. The van der Waals surface area contributed by atoms with E-state index >= 15 is 0 Å². The summed E-state index contributed by atoms with van der Waals surface area (Å²) in [6, 6.07) is 9.48. The molecule has 2 aromatic rings. The highest BCUT2D eigenvalue weighted by Gasteiger charge is 2.12. The molecule has 0 spiro atoms. The summed E-state index contributed by atoms with van der Waals surface area (Å²) in [5.74, 6) is 0.956. The molecule has 120 valence electrons. The van der Waals surface area contributed by atoms with E-state index in [9.17, 15) is 10.1 Å². The van der Waals surface area contributed by atoms with Gasteiger partial charge in [0.2, 0.25) is 0 Å². The lowest BCUT2D eigenvalue weighted by Crippen LogP contribution is -2.00. The van der Waals surface area contributed by atoms with E-state index in [0.717, 1.165) is 5.56 Å². The van der Waals surface area contributed by atoms with Crippen molar-refractivity contribution in [2.24, 2.45) is 5.16 Å². The minimum Gasteiger partial charge on any atom is -0.493 e. The third kappa shape index (κ3) is 4.19. The second kappa shape index (κ2) is 7.59. The summed E-state index contributed by atoms with van der Waals surface area (Å²) in [4.78, 5) is 10.2. The molecule has 0 atom stereocenters. The van der Waals surface area contributed by atoms with E-state index < -0.39 is 4.92 Å². The fraction of sp³-hybridized carbons (Fsp3) is 0.133. The van der Waals surface area contributed by atoms with Gasteiger partial charge in [-0.25, -0.2) is 0 Å². The van der Waals surface area contributed by atoms with E-state index in [4.69, 9.17) is 14.7 Å². The van der Waals surface area contributed by atoms with E-state index in [-0.39, 0.29) is 12.3 Å². The van der Waals surface area contributed by atoms with Crippen LogP contribution in [0.4, 0.5) is 5.69 Å². The highest BCUT2D eigenvalue weighted by molar-refractivity contribution is 9.10. The number of benzene rings is 2. The number of ether oxygens (including phenoxy) is 2. The zero-order chi connectivity index (χ0) is 16.8. The number of nitro groups is 1. The molecule has 0 amide bonds. The number of rotatable bonds is 6. The third-order valence-corrected chi connectivity index (χ3v) is 3.58. The summed E-state index contributed by atoms with van der Waals surface area (Å²) in [5.41, 5.74) is 1.45. The molecular weight excluding hydrogens is 368 g/mol. The predicted octanol–water partition coefficient (Wildman–Crippen LogP) is 3.75. The van der Waals surface area contributed by atoms with Gasteiger partial charge in [-0.05, 0) is 45.8 Å². The van der Waals surface area contributed by atoms with E-state index in [1.807, 2.05) is 0 Å². The lowest BCUT2D eigenvalue weighted by molar-refractivity contribution is -0.384. The Hall–Kier alpha value is -2.61. The standard InChI is InChI=1S/C15H13BrN2O5/c1-22-14-7-11(8-17-19)6-13(16)15(14)23-9-10-2-4-12(5-3-10)18(20)21/h2-8,19H,9H2,1H3/b17-8+. The lowest BCUT2D eigenvalue weighted by Gasteiger charge is -2.13. The second-order valence-electron chi connectivity index (χ2n) is 4.49. The Bertz CT molecular complexity index is 731. The van der Waals surface area contributed by atoms with Crippen molar-refractivity contribution >= 4 is 27.8 Å². The van der Waals surface area contributed by atoms with E-state index in [0.29, 0.717) is 21.5 Å². The summed E-state index contributed by atoms with van der Waals surface area (Å²) < 4.78 is 11.6. The average molecular weight is 381 g/mol. The molecule has 0 heterocycles. The van der Waals surface area contributed by atoms with Crippen molar-refractivity contribution in [2.75, 3.05) is 7.11 Å². The van der Waals surface area contributed by atoms with Crippen LogP contribution in [0.3, 0.4) is 0 Å². The quantitative estimate of drug-likeness (QED) is 0.356. The van der Waals surface area contributed by atoms with Gasteiger partial charge in [0.15, 0.2) is 11.5 Å². The second-order valence-corrected chi connectivity index (χ2v) is 5.35. The van der Waals surface area contributed by atoms with Crippen molar-refractivity contribution < 1.29 is 19.6 Å². The Morgan fingerprint density at radius 2 is 2.04 bits per heavy atom. The molecule has 0 aliphatic heterocycles. The fourth-order valence-electron chi connectivity index (χ4n) is 1.89. The number of nitrogens with zero attached hydrogens (tertiary/aromatic N) is 2. The van der Waals surface area contributed by atoms with Gasteiger partial charge in [-0.1, -0.05) is 5.16 Å². The van der Waals surface area contributed by atoms with Crippen LogP contribution in [0.2, 0.25) is 0 Å². The highest BCUT2D eigenvalue weighted by Crippen LogP contribution is 2.36. The minimum absolute atomic E-state index is 0.0279. The van der Waals surface area contributed by atoms with Crippen molar-refractivity contribution in [3.63, 3.8) is 0 Å². The number of methoxy groups -OCH3 is 1. The van der Waals surface area contributed by atoms with Crippen LogP contribution >= 0.6 is 15.9 Å². The Kier molecular flexibility index (Phi) is 5.53. The zero-order valence-corrected chi connectivity index (χ0v) is 13.7. The van der Waals surface area contributed by atoms with Gasteiger partial charge in [0.05, 0.1) is 22.7 Å². The van der Waals surface area contributed by atoms with Crippen LogP contribution in [-0.2, 0) is 6.61 Å². The molecule has 0 aliphatic rings. The largest absolute Gasteiger partial charge is 0.493 e. The first-order valence-corrected chi connectivity index (χ1v) is 7.25. The summed E-state index contributed by atoms with van der Waals surface area (Å²) in [6.45, 7) is 0.223. The molecule has 0 aromatic heterocycles.